The van der Waals surface area contributed by atoms with Gasteiger partial charge in [0.15, 0.2) is 0 Å². The predicted molar refractivity (Wildman–Crippen MR) is 58.3 cm³/mol. The Labute approximate surface area is 90.2 Å². The van der Waals surface area contributed by atoms with E-state index in [0.29, 0.717) is 11.3 Å². The minimum absolute atomic E-state index is 0.509. The number of rotatable bonds is 4. The molecule has 0 fully saturated rings. The van der Waals surface area contributed by atoms with Crippen molar-refractivity contribution in [2.75, 3.05) is 14.2 Å². The summed E-state index contributed by atoms with van der Waals surface area (Å²) in [5.74, 6) is 1.37. The number of nitrogens with zero attached hydrogens (tertiary/aromatic N) is 1. The van der Waals surface area contributed by atoms with Gasteiger partial charge in [-0.2, -0.15) is 5.26 Å². The number of methoxy groups -OCH3 is 2. The van der Waals surface area contributed by atoms with Crippen LogP contribution in [0.1, 0.15) is 24.5 Å². The highest BCUT2D eigenvalue weighted by Crippen LogP contribution is 2.29. The Morgan fingerprint density at radius 2 is 1.87 bits per heavy atom. The fourth-order valence-corrected chi connectivity index (χ4v) is 1.51. The van der Waals surface area contributed by atoms with Crippen LogP contribution >= 0.6 is 0 Å². The molecule has 0 aliphatic rings. The Bertz CT molecular complexity index is 380. The second-order valence-electron chi connectivity index (χ2n) is 3.23. The Kier molecular flexibility index (Phi) is 3.99. The molecule has 0 bridgehead atoms. The van der Waals surface area contributed by atoms with Crippen molar-refractivity contribution >= 4 is 0 Å². The molecular weight excluding hydrogens is 190 g/mol. The summed E-state index contributed by atoms with van der Waals surface area (Å²) in [6, 6.07) is 5.69. The lowest BCUT2D eigenvalue weighted by Crippen LogP contribution is -1.96. The zero-order valence-corrected chi connectivity index (χ0v) is 9.33. The molecule has 0 radical (unpaired) electrons. The van der Waals surface area contributed by atoms with Gasteiger partial charge >= 0.3 is 0 Å². The second-order valence-corrected chi connectivity index (χ2v) is 3.23. The van der Waals surface area contributed by atoms with Crippen LogP contribution in [0, 0.1) is 11.3 Å². The SMILES string of the molecule is CCCc1cc(OC)c(C#N)cc1OC. The highest BCUT2D eigenvalue weighted by Gasteiger charge is 2.09. The van der Waals surface area contributed by atoms with E-state index in [0.717, 1.165) is 24.2 Å². The maximum Gasteiger partial charge on any atom is 0.137 e. The summed E-state index contributed by atoms with van der Waals surface area (Å²) < 4.78 is 10.4. The molecule has 1 rings (SSSR count). The first-order valence-electron chi connectivity index (χ1n) is 4.91. The quantitative estimate of drug-likeness (QED) is 0.758. The molecule has 3 heteroatoms. The number of benzene rings is 1. The molecule has 15 heavy (non-hydrogen) atoms. The van der Waals surface area contributed by atoms with E-state index in [2.05, 4.69) is 13.0 Å². The van der Waals surface area contributed by atoms with Crippen LogP contribution in [0.4, 0.5) is 0 Å². The van der Waals surface area contributed by atoms with E-state index in [-0.39, 0.29) is 0 Å². The maximum atomic E-state index is 8.90. The summed E-state index contributed by atoms with van der Waals surface area (Å²) in [6.45, 7) is 2.10. The Hall–Kier alpha value is -1.69. The summed E-state index contributed by atoms with van der Waals surface area (Å²) in [7, 11) is 3.18. The van der Waals surface area contributed by atoms with Crippen molar-refractivity contribution in [3.05, 3.63) is 23.3 Å². The molecule has 0 spiro atoms. The molecule has 80 valence electrons. The van der Waals surface area contributed by atoms with Crippen molar-refractivity contribution < 1.29 is 9.47 Å². The van der Waals surface area contributed by atoms with Crippen molar-refractivity contribution in [1.29, 1.82) is 5.26 Å². The van der Waals surface area contributed by atoms with Gasteiger partial charge in [0.2, 0.25) is 0 Å². The van der Waals surface area contributed by atoms with Crippen LogP contribution in [0.25, 0.3) is 0 Å². The van der Waals surface area contributed by atoms with E-state index in [1.54, 1.807) is 20.3 Å². The van der Waals surface area contributed by atoms with Crippen LogP contribution in [0.15, 0.2) is 12.1 Å². The van der Waals surface area contributed by atoms with Gasteiger partial charge in [-0.05, 0) is 18.1 Å². The molecule has 0 amide bonds. The Morgan fingerprint density at radius 3 is 2.33 bits per heavy atom. The zero-order chi connectivity index (χ0) is 11.3. The number of hydrogen-bond acceptors (Lipinski definition) is 3. The third-order valence-corrected chi connectivity index (χ3v) is 2.24. The molecule has 3 nitrogen and oxygen atoms in total. The highest BCUT2D eigenvalue weighted by atomic mass is 16.5. The largest absolute Gasteiger partial charge is 0.496 e. The van der Waals surface area contributed by atoms with Crippen LogP contribution in [0.5, 0.6) is 11.5 Å². The number of nitriles is 1. The van der Waals surface area contributed by atoms with Crippen LogP contribution in [0.2, 0.25) is 0 Å². The van der Waals surface area contributed by atoms with Gasteiger partial charge in [-0.15, -0.1) is 0 Å². The summed E-state index contributed by atoms with van der Waals surface area (Å²) in [6.07, 6.45) is 1.96. The van der Waals surface area contributed by atoms with Gasteiger partial charge in [0.25, 0.3) is 0 Å². The predicted octanol–water partition coefficient (Wildman–Crippen LogP) is 2.53. The van der Waals surface area contributed by atoms with Crippen LogP contribution in [-0.4, -0.2) is 14.2 Å². The number of ether oxygens (including phenoxy) is 2. The van der Waals surface area contributed by atoms with Gasteiger partial charge in [-0.1, -0.05) is 13.3 Å². The van der Waals surface area contributed by atoms with Crippen molar-refractivity contribution in [3.8, 4) is 17.6 Å². The molecule has 0 aromatic heterocycles. The summed E-state index contributed by atoms with van der Waals surface area (Å²) in [5, 5.41) is 8.90. The molecule has 0 N–H and O–H groups in total. The summed E-state index contributed by atoms with van der Waals surface area (Å²) >= 11 is 0. The first-order chi connectivity index (χ1) is 7.26. The van der Waals surface area contributed by atoms with Gasteiger partial charge in [0.05, 0.1) is 19.8 Å². The van der Waals surface area contributed by atoms with E-state index in [1.165, 1.54) is 0 Å². The first-order valence-corrected chi connectivity index (χ1v) is 4.91. The first kappa shape index (κ1) is 11.4. The molecule has 0 saturated carbocycles. The van der Waals surface area contributed by atoms with Crippen molar-refractivity contribution in [2.45, 2.75) is 19.8 Å². The van der Waals surface area contributed by atoms with Crippen molar-refractivity contribution in [1.82, 2.24) is 0 Å². The molecule has 0 unspecified atom stereocenters. The minimum atomic E-state index is 0.509. The van der Waals surface area contributed by atoms with Crippen LogP contribution < -0.4 is 9.47 Å². The fourth-order valence-electron chi connectivity index (χ4n) is 1.51. The van der Waals surface area contributed by atoms with Gasteiger partial charge in [0.1, 0.15) is 17.6 Å². The van der Waals surface area contributed by atoms with E-state index < -0.39 is 0 Å². The lowest BCUT2D eigenvalue weighted by atomic mass is 10.1. The molecule has 0 aliphatic heterocycles. The minimum Gasteiger partial charge on any atom is -0.496 e. The van der Waals surface area contributed by atoms with Gasteiger partial charge in [-0.3, -0.25) is 0 Å². The molecule has 1 aromatic carbocycles. The smallest absolute Gasteiger partial charge is 0.137 e. The van der Waals surface area contributed by atoms with E-state index in [9.17, 15) is 0 Å². The highest BCUT2D eigenvalue weighted by molar-refractivity contribution is 5.52. The van der Waals surface area contributed by atoms with Gasteiger partial charge in [0, 0.05) is 6.07 Å². The number of hydrogen-bond donors (Lipinski definition) is 0. The topological polar surface area (TPSA) is 42.2 Å². The normalized spacial score (nSPS) is 9.47. The Balaban J connectivity index is 3.22. The second kappa shape index (κ2) is 5.26. The zero-order valence-electron chi connectivity index (χ0n) is 9.33. The average molecular weight is 205 g/mol. The van der Waals surface area contributed by atoms with E-state index in [1.807, 2.05) is 6.07 Å². The summed E-state index contributed by atoms with van der Waals surface area (Å²) in [4.78, 5) is 0. The molecule has 1 aromatic rings. The maximum absolute atomic E-state index is 8.90. The molecule has 0 heterocycles. The van der Waals surface area contributed by atoms with E-state index in [4.69, 9.17) is 14.7 Å². The third kappa shape index (κ3) is 2.41. The number of aryl methyl sites for hydroxylation is 1. The molecular formula is C12H15NO2. The fraction of sp³-hybridized carbons (Fsp3) is 0.417. The molecule has 0 atom stereocenters. The third-order valence-electron chi connectivity index (χ3n) is 2.24. The standard InChI is InChI=1S/C12H15NO2/c1-4-5-9-6-12(15-3)10(8-13)7-11(9)14-2/h6-7H,4-5H2,1-3H3. The summed E-state index contributed by atoms with van der Waals surface area (Å²) in [5.41, 5.74) is 1.59. The van der Waals surface area contributed by atoms with Crippen molar-refractivity contribution in [3.63, 3.8) is 0 Å². The van der Waals surface area contributed by atoms with Gasteiger partial charge in [-0.25, -0.2) is 0 Å². The van der Waals surface area contributed by atoms with Crippen LogP contribution in [-0.2, 0) is 6.42 Å². The lowest BCUT2D eigenvalue weighted by Gasteiger charge is -2.11. The lowest BCUT2D eigenvalue weighted by molar-refractivity contribution is 0.397. The monoisotopic (exact) mass is 205 g/mol. The average Bonchev–Trinajstić information content (AvgIpc) is 2.28. The molecule has 0 aliphatic carbocycles. The van der Waals surface area contributed by atoms with Gasteiger partial charge < -0.3 is 9.47 Å². The Morgan fingerprint density at radius 1 is 1.20 bits per heavy atom. The molecule has 0 saturated heterocycles. The van der Waals surface area contributed by atoms with Crippen LogP contribution in [0.3, 0.4) is 0 Å². The van der Waals surface area contributed by atoms with E-state index >= 15 is 0 Å². The van der Waals surface area contributed by atoms with Crippen molar-refractivity contribution in [2.24, 2.45) is 0 Å².